The average molecular weight is 306 g/mol. The van der Waals surface area contributed by atoms with Gasteiger partial charge in [-0.15, -0.1) is 0 Å². The van der Waals surface area contributed by atoms with Gasteiger partial charge in [0, 0.05) is 11.1 Å². The van der Waals surface area contributed by atoms with Crippen molar-refractivity contribution in [2.75, 3.05) is 5.75 Å². The summed E-state index contributed by atoms with van der Waals surface area (Å²) in [5, 5.41) is 9.09. The Morgan fingerprint density at radius 3 is 2.42 bits per heavy atom. The first-order valence-corrected chi connectivity index (χ1v) is 7.84. The number of nitrogens with one attached hydrogen (secondary N) is 1. The van der Waals surface area contributed by atoms with Crippen LogP contribution in [0.15, 0.2) is 24.3 Å². The zero-order chi connectivity index (χ0) is 14.5. The zero-order valence-corrected chi connectivity index (χ0v) is 12.0. The van der Waals surface area contributed by atoms with Crippen LogP contribution in [0.25, 0.3) is 0 Å². The van der Waals surface area contributed by atoms with Crippen LogP contribution in [0.1, 0.15) is 31.4 Å². The molecular formula is C12H16ClNO4S. The third-order valence-electron chi connectivity index (χ3n) is 2.59. The van der Waals surface area contributed by atoms with Gasteiger partial charge in [-0.25, -0.2) is 13.1 Å². The molecule has 0 aromatic heterocycles. The van der Waals surface area contributed by atoms with Crippen LogP contribution in [0, 0.1) is 0 Å². The first-order valence-electron chi connectivity index (χ1n) is 5.81. The summed E-state index contributed by atoms with van der Waals surface area (Å²) in [6.07, 6.45) is 0.153. The van der Waals surface area contributed by atoms with Gasteiger partial charge in [0.05, 0.1) is 12.2 Å². The van der Waals surface area contributed by atoms with Crippen LogP contribution in [0.4, 0.5) is 0 Å². The molecule has 0 radical (unpaired) electrons. The monoisotopic (exact) mass is 305 g/mol. The molecule has 2 N–H and O–H groups in total. The highest BCUT2D eigenvalue weighted by Gasteiger charge is 2.19. The lowest BCUT2D eigenvalue weighted by Gasteiger charge is -2.17. The highest BCUT2D eigenvalue weighted by molar-refractivity contribution is 7.89. The van der Waals surface area contributed by atoms with Gasteiger partial charge in [0.2, 0.25) is 10.0 Å². The van der Waals surface area contributed by atoms with Gasteiger partial charge < -0.3 is 5.11 Å². The second-order valence-corrected chi connectivity index (χ2v) is 6.40. The van der Waals surface area contributed by atoms with Gasteiger partial charge in [-0.1, -0.05) is 30.7 Å². The highest BCUT2D eigenvalue weighted by atomic mass is 35.5. The molecule has 5 nitrogen and oxygen atoms in total. The maximum atomic E-state index is 11.7. The van der Waals surface area contributed by atoms with E-state index in [0.29, 0.717) is 11.4 Å². The minimum absolute atomic E-state index is 0.379. The molecule has 0 bridgehead atoms. The predicted octanol–water partition coefficient (Wildman–Crippen LogP) is 2.19. The molecular weight excluding hydrogens is 290 g/mol. The Bertz CT molecular complexity index is 527. The Hall–Kier alpha value is -1.11. The van der Waals surface area contributed by atoms with Gasteiger partial charge in [-0.3, -0.25) is 4.79 Å². The minimum atomic E-state index is -3.61. The molecule has 0 heterocycles. The van der Waals surface area contributed by atoms with Crippen LogP contribution < -0.4 is 4.72 Å². The van der Waals surface area contributed by atoms with E-state index in [1.807, 2.05) is 6.92 Å². The van der Waals surface area contributed by atoms with Gasteiger partial charge in [0.1, 0.15) is 0 Å². The maximum absolute atomic E-state index is 11.7. The quantitative estimate of drug-likeness (QED) is 0.809. The number of sulfonamides is 1. The second-order valence-electron chi connectivity index (χ2n) is 4.09. The molecule has 1 unspecified atom stereocenters. The lowest BCUT2D eigenvalue weighted by atomic mass is 10.1. The van der Waals surface area contributed by atoms with Crippen molar-refractivity contribution in [1.29, 1.82) is 0 Å². The van der Waals surface area contributed by atoms with Gasteiger partial charge >= 0.3 is 5.97 Å². The Morgan fingerprint density at radius 1 is 1.37 bits per heavy atom. The molecule has 0 spiro atoms. The summed E-state index contributed by atoms with van der Waals surface area (Å²) in [4.78, 5) is 10.4. The summed E-state index contributed by atoms with van der Waals surface area (Å²) in [7, 11) is -3.61. The second kappa shape index (κ2) is 6.88. The minimum Gasteiger partial charge on any atom is -0.481 e. The van der Waals surface area contributed by atoms with E-state index in [1.54, 1.807) is 24.3 Å². The number of hydrogen-bond donors (Lipinski definition) is 2. The average Bonchev–Trinajstić information content (AvgIpc) is 2.35. The summed E-state index contributed by atoms with van der Waals surface area (Å²) in [6, 6.07) is 6.49. The van der Waals surface area contributed by atoms with E-state index in [-0.39, 0.29) is 6.04 Å². The zero-order valence-electron chi connectivity index (χ0n) is 10.5. The normalized spacial score (nSPS) is 13.2. The molecule has 106 valence electrons. The number of rotatable bonds is 7. The Labute approximate surface area is 117 Å². The number of carboxylic acids is 1. The number of aliphatic carboxylic acids is 1. The third kappa shape index (κ3) is 5.59. The first-order chi connectivity index (χ1) is 8.84. The van der Waals surface area contributed by atoms with Crippen LogP contribution in [0.5, 0.6) is 0 Å². The Balaban J connectivity index is 2.76. The fraction of sp³-hybridized carbons (Fsp3) is 0.417. The SMILES string of the molecule is CCC(NS(=O)(=O)CCC(=O)O)c1ccc(Cl)cc1. The molecule has 1 rings (SSSR count). The molecule has 0 fully saturated rings. The van der Waals surface area contributed by atoms with Crippen LogP contribution in [-0.4, -0.2) is 25.2 Å². The Kier molecular flexibility index (Phi) is 5.78. The van der Waals surface area contributed by atoms with Gasteiger partial charge in [0.15, 0.2) is 0 Å². The van der Waals surface area contributed by atoms with Crippen LogP contribution in [0.2, 0.25) is 5.02 Å². The highest BCUT2D eigenvalue weighted by Crippen LogP contribution is 2.20. The van der Waals surface area contributed by atoms with Crippen LogP contribution >= 0.6 is 11.6 Å². The maximum Gasteiger partial charge on any atom is 0.304 e. The molecule has 1 aromatic rings. The molecule has 1 atom stereocenters. The topological polar surface area (TPSA) is 83.5 Å². The van der Waals surface area contributed by atoms with E-state index < -0.39 is 28.2 Å². The summed E-state index contributed by atoms with van der Waals surface area (Å²) in [5.41, 5.74) is 0.797. The molecule has 0 saturated carbocycles. The van der Waals surface area contributed by atoms with Crippen molar-refractivity contribution in [1.82, 2.24) is 4.72 Å². The number of carbonyl (C=O) groups is 1. The first kappa shape index (κ1) is 15.9. The van der Waals surface area contributed by atoms with E-state index in [9.17, 15) is 13.2 Å². The van der Waals surface area contributed by atoms with Crippen molar-refractivity contribution in [2.45, 2.75) is 25.8 Å². The summed E-state index contributed by atoms with van der Waals surface area (Å²) < 4.78 is 26.0. The van der Waals surface area contributed by atoms with Crippen molar-refractivity contribution < 1.29 is 18.3 Å². The van der Waals surface area contributed by atoms with E-state index in [2.05, 4.69) is 4.72 Å². The van der Waals surface area contributed by atoms with E-state index in [4.69, 9.17) is 16.7 Å². The van der Waals surface area contributed by atoms with Crippen molar-refractivity contribution in [3.8, 4) is 0 Å². The van der Waals surface area contributed by atoms with Crippen molar-refractivity contribution in [3.05, 3.63) is 34.9 Å². The van der Waals surface area contributed by atoms with E-state index >= 15 is 0 Å². The molecule has 0 amide bonds. The third-order valence-corrected chi connectivity index (χ3v) is 4.22. The molecule has 0 aliphatic heterocycles. The molecule has 19 heavy (non-hydrogen) atoms. The van der Waals surface area contributed by atoms with Crippen molar-refractivity contribution in [3.63, 3.8) is 0 Å². The lowest BCUT2D eigenvalue weighted by molar-refractivity contribution is -0.136. The van der Waals surface area contributed by atoms with E-state index in [0.717, 1.165) is 5.56 Å². The smallest absolute Gasteiger partial charge is 0.304 e. The number of halogens is 1. The van der Waals surface area contributed by atoms with E-state index in [1.165, 1.54) is 0 Å². The van der Waals surface area contributed by atoms with Crippen LogP contribution in [0.3, 0.4) is 0 Å². The fourth-order valence-electron chi connectivity index (χ4n) is 1.58. The summed E-state index contributed by atoms with van der Waals surface area (Å²) in [5.74, 6) is -1.56. The number of hydrogen-bond acceptors (Lipinski definition) is 3. The van der Waals surface area contributed by atoms with Crippen molar-refractivity contribution >= 4 is 27.6 Å². The molecule has 0 aliphatic rings. The summed E-state index contributed by atoms with van der Waals surface area (Å²) >= 11 is 5.77. The molecule has 1 aromatic carbocycles. The number of benzene rings is 1. The largest absolute Gasteiger partial charge is 0.481 e. The van der Waals surface area contributed by atoms with Crippen LogP contribution in [-0.2, 0) is 14.8 Å². The fourth-order valence-corrected chi connectivity index (χ4v) is 3.00. The lowest BCUT2D eigenvalue weighted by Crippen LogP contribution is -2.31. The molecule has 0 saturated heterocycles. The summed E-state index contributed by atoms with van der Waals surface area (Å²) in [6.45, 7) is 1.85. The molecule has 0 aliphatic carbocycles. The Morgan fingerprint density at radius 2 is 1.95 bits per heavy atom. The predicted molar refractivity (Wildman–Crippen MR) is 73.7 cm³/mol. The standard InChI is InChI=1S/C12H16ClNO4S/c1-2-11(9-3-5-10(13)6-4-9)14-19(17,18)8-7-12(15)16/h3-6,11,14H,2,7-8H2,1H3,(H,15,16). The molecule has 7 heteroatoms. The number of carboxylic acid groups (broad SMARTS) is 1. The van der Waals surface area contributed by atoms with Gasteiger partial charge in [0.25, 0.3) is 0 Å². The van der Waals surface area contributed by atoms with Gasteiger partial charge in [-0.05, 0) is 24.1 Å². The van der Waals surface area contributed by atoms with Crippen molar-refractivity contribution in [2.24, 2.45) is 0 Å². The van der Waals surface area contributed by atoms with Gasteiger partial charge in [-0.2, -0.15) is 0 Å².